The first-order chi connectivity index (χ1) is 5.93. The fourth-order valence-electron chi connectivity index (χ4n) is 1.16. The van der Waals surface area contributed by atoms with Gasteiger partial charge in [-0.1, -0.05) is 39.5 Å². The van der Waals surface area contributed by atoms with Crippen molar-refractivity contribution in [1.29, 1.82) is 0 Å². The van der Waals surface area contributed by atoms with Gasteiger partial charge in [-0.25, -0.2) is 0 Å². The van der Waals surface area contributed by atoms with Crippen LogP contribution in [0.15, 0.2) is 24.8 Å². The van der Waals surface area contributed by atoms with Crippen LogP contribution in [0.5, 0.6) is 0 Å². The van der Waals surface area contributed by atoms with Gasteiger partial charge in [0.2, 0.25) is 0 Å². The van der Waals surface area contributed by atoms with E-state index < -0.39 is 0 Å². The Morgan fingerprint density at radius 1 is 1.23 bits per heavy atom. The number of hydrogen-bond acceptors (Lipinski definition) is 0. The van der Waals surface area contributed by atoms with Gasteiger partial charge in [-0.05, 0) is 51.3 Å². The van der Waals surface area contributed by atoms with Crippen LogP contribution in [0, 0.1) is 3.57 Å². The predicted molar refractivity (Wildman–Crippen MR) is 68.0 cm³/mol. The third kappa shape index (κ3) is 2.83. The van der Waals surface area contributed by atoms with Gasteiger partial charge in [0.1, 0.15) is 0 Å². The molecule has 0 saturated carbocycles. The Hall–Kier alpha value is -0.310. The van der Waals surface area contributed by atoms with Gasteiger partial charge in [-0.15, -0.1) is 0 Å². The van der Waals surface area contributed by atoms with Crippen LogP contribution in [-0.2, 0) is 5.41 Å². The van der Waals surface area contributed by atoms with Crippen molar-refractivity contribution in [2.24, 2.45) is 0 Å². The van der Waals surface area contributed by atoms with E-state index in [1.54, 1.807) is 0 Å². The Bertz CT molecular complexity index is 318. The van der Waals surface area contributed by atoms with Crippen molar-refractivity contribution in [2.75, 3.05) is 0 Å². The lowest BCUT2D eigenvalue weighted by Gasteiger charge is -2.19. The minimum atomic E-state index is 0.221. The van der Waals surface area contributed by atoms with Gasteiger partial charge in [-0.3, -0.25) is 0 Å². The summed E-state index contributed by atoms with van der Waals surface area (Å²) in [6, 6.07) is 6.57. The maximum atomic E-state index is 3.79. The summed E-state index contributed by atoms with van der Waals surface area (Å²) in [5.41, 5.74) is 2.80. The first kappa shape index (κ1) is 10.8. The summed E-state index contributed by atoms with van der Waals surface area (Å²) in [5.74, 6) is 0. The van der Waals surface area contributed by atoms with Crippen molar-refractivity contribution in [3.05, 3.63) is 39.5 Å². The third-order valence-corrected chi connectivity index (χ3v) is 2.64. The Morgan fingerprint density at radius 2 is 1.85 bits per heavy atom. The lowest BCUT2D eigenvalue weighted by molar-refractivity contribution is 0.589. The van der Waals surface area contributed by atoms with Crippen molar-refractivity contribution in [3.63, 3.8) is 0 Å². The van der Waals surface area contributed by atoms with Crippen molar-refractivity contribution in [2.45, 2.75) is 26.2 Å². The molecule has 1 aromatic rings. The second kappa shape index (κ2) is 3.82. The molecule has 0 nitrogen and oxygen atoms in total. The van der Waals surface area contributed by atoms with Gasteiger partial charge < -0.3 is 0 Å². The molecule has 1 heteroatoms. The van der Waals surface area contributed by atoms with E-state index in [-0.39, 0.29) is 5.41 Å². The normalized spacial score (nSPS) is 11.4. The van der Waals surface area contributed by atoms with Gasteiger partial charge >= 0.3 is 0 Å². The number of hydrogen-bond donors (Lipinski definition) is 0. The van der Waals surface area contributed by atoms with E-state index in [1.165, 1.54) is 14.7 Å². The Kier molecular flexibility index (Phi) is 3.17. The predicted octanol–water partition coefficient (Wildman–Crippen LogP) is 4.23. The van der Waals surface area contributed by atoms with Gasteiger partial charge in [0.05, 0.1) is 0 Å². The number of rotatable bonds is 1. The summed E-state index contributed by atoms with van der Waals surface area (Å²) < 4.78 is 1.28. The molecule has 13 heavy (non-hydrogen) atoms. The molecule has 0 aliphatic rings. The molecule has 0 aromatic heterocycles. The van der Waals surface area contributed by atoms with Crippen LogP contribution in [0.3, 0.4) is 0 Å². The lowest BCUT2D eigenvalue weighted by atomic mass is 9.86. The van der Waals surface area contributed by atoms with Crippen molar-refractivity contribution >= 4 is 28.7 Å². The standard InChI is InChI=1S/C12H15I/c1-5-9-6-10(12(2,3)4)8-11(13)7-9/h5-8H,1H2,2-4H3. The fraction of sp³-hybridized carbons (Fsp3) is 0.333. The maximum absolute atomic E-state index is 3.79. The third-order valence-electron chi connectivity index (χ3n) is 2.02. The zero-order valence-corrected chi connectivity index (χ0v) is 10.6. The highest BCUT2D eigenvalue weighted by Crippen LogP contribution is 2.25. The van der Waals surface area contributed by atoms with Crippen LogP contribution < -0.4 is 0 Å². The van der Waals surface area contributed by atoms with E-state index in [2.05, 4.69) is 68.1 Å². The highest BCUT2D eigenvalue weighted by molar-refractivity contribution is 14.1. The van der Waals surface area contributed by atoms with E-state index in [0.717, 1.165) is 0 Å². The van der Waals surface area contributed by atoms with Crippen LogP contribution in [0.2, 0.25) is 0 Å². The number of benzene rings is 1. The summed E-state index contributed by atoms with van der Waals surface area (Å²) in [6.45, 7) is 10.5. The molecule has 0 heterocycles. The molecule has 0 saturated heterocycles. The van der Waals surface area contributed by atoms with Crippen molar-refractivity contribution in [1.82, 2.24) is 0 Å². The minimum absolute atomic E-state index is 0.221. The highest BCUT2D eigenvalue weighted by Gasteiger charge is 2.14. The average Bonchev–Trinajstić information content (AvgIpc) is 2.01. The molecule has 0 unspecified atom stereocenters. The second-order valence-corrected chi connectivity index (χ2v) is 5.47. The molecule has 0 atom stereocenters. The van der Waals surface area contributed by atoms with E-state index >= 15 is 0 Å². The summed E-state index contributed by atoms with van der Waals surface area (Å²) in [6.07, 6.45) is 1.90. The Balaban J connectivity index is 3.24. The molecule has 1 aromatic carbocycles. The first-order valence-electron chi connectivity index (χ1n) is 4.37. The first-order valence-corrected chi connectivity index (χ1v) is 5.45. The van der Waals surface area contributed by atoms with Crippen molar-refractivity contribution in [3.8, 4) is 0 Å². The van der Waals surface area contributed by atoms with Gasteiger partial charge in [0.25, 0.3) is 0 Å². The molecule has 0 N–H and O–H groups in total. The molecule has 0 radical (unpaired) electrons. The monoisotopic (exact) mass is 286 g/mol. The molecule has 0 spiro atoms. The minimum Gasteiger partial charge on any atom is -0.0985 e. The molecule has 1 rings (SSSR count). The van der Waals surface area contributed by atoms with Gasteiger partial charge in [-0.2, -0.15) is 0 Å². The summed E-state index contributed by atoms with van der Waals surface area (Å²) >= 11 is 2.35. The molecular formula is C12H15I. The van der Waals surface area contributed by atoms with Crippen LogP contribution in [0.1, 0.15) is 31.9 Å². The van der Waals surface area contributed by atoms with Crippen LogP contribution in [0.4, 0.5) is 0 Å². The fourth-order valence-corrected chi connectivity index (χ4v) is 1.86. The zero-order valence-electron chi connectivity index (χ0n) is 8.39. The Morgan fingerprint density at radius 3 is 2.31 bits per heavy atom. The lowest BCUT2D eigenvalue weighted by Crippen LogP contribution is -2.11. The Labute approximate surface area is 94.2 Å². The molecule has 70 valence electrons. The van der Waals surface area contributed by atoms with Gasteiger partial charge in [0, 0.05) is 3.57 Å². The number of halogens is 1. The van der Waals surface area contributed by atoms with Gasteiger partial charge in [0.15, 0.2) is 0 Å². The molecule has 0 fully saturated rings. The van der Waals surface area contributed by atoms with E-state index in [0.29, 0.717) is 0 Å². The summed E-state index contributed by atoms with van der Waals surface area (Å²) in [7, 11) is 0. The average molecular weight is 286 g/mol. The van der Waals surface area contributed by atoms with Crippen LogP contribution >= 0.6 is 22.6 Å². The largest absolute Gasteiger partial charge is 0.0985 e. The maximum Gasteiger partial charge on any atom is 0.0139 e. The molecule has 0 amide bonds. The zero-order chi connectivity index (χ0) is 10.1. The molecule has 0 bridgehead atoms. The van der Waals surface area contributed by atoms with Crippen LogP contribution in [-0.4, -0.2) is 0 Å². The second-order valence-electron chi connectivity index (χ2n) is 4.23. The topological polar surface area (TPSA) is 0 Å². The van der Waals surface area contributed by atoms with E-state index in [4.69, 9.17) is 0 Å². The van der Waals surface area contributed by atoms with E-state index in [9.17, 15) is 0 Å². The molecule has 0 aliphatic carbocycles. The SMILES string of the molecule is C=Cc1cc(I)cc(C(C)(C)C)c1. The summed E-state index contributed by atoms with van der Waals surface area (Å²) in [4.78, 5) is 0. The molecule has 0 aliphatic heterocycles. The van der Waals surface area contributed by atoms with Crippen LogP contribution in [0.25, 0.3) is 6.08 Å². The smallest absolute Gasteiger partial charge is 0.0139 e. The highest BCUT2D eigenvalue weighted by atomic mass is 127. The summed E-state index contributed by atoms with van der Waals surface area (Å²) in [5, 5.41) is 0. The molecular weight excluding hydrogens is 271 g/mol. The van der Waals surface area contributed by atoms with E-state index in [1.807, 2.05) is 6.08 Å². The quantitative estimate of drug-likeness (QED) is 0.678. The van der Waals surface area contributed by atoms with Crippen molar-refractivity contribution < 1.29 is 0 Å².